The number of halogens is 1. The van der Waals surface area contributed by atoms with Crippen LogP contribution in [0.3, 0.4) is 0 Å². The van der Waals surface area contributed by atoms with Gasteiger partial charge in [0.1, 0.15) is 0 Å². The van der Waals surface area contributed by atoms with Crippen molar-refractivity contribution in [3.63, 3.8) is 0 Å². The first-order valence-corrected chi connectivity index (χ1v) is 11.1. The molecular formula is C26H28ClN3O. The molecule has 3 N–H and O–H groups in total. The Labute approximate surface area is 189 Å². The van der Waals surface area contributed by atoms with Crippen molar-refractivity contribution in [2.75, 3.05) is 19.6 Å². The normalized spacial score (nSPS) is 16.4. The van der Waals surface area contributed by atoms with E-state index in [1.807, 2.05) is 48.5 Å². The number of carbonyl (C=O) groups is 1. The van der Waals surface area contributed by atoms with Gasteiger partial charge in [0, 0.05) is 42.8 Å². The molecule has 1 aliphatic rings. The van der Waals surface area contributed by atoms with Crippen molar-refractivity contribution in [3.8, 4) is 11.1 Å². The largest absolute Gasteiger partial charge is 0.352 e. The number of amides is 1. The van der Waals surface area contributed by atoms with Crippen LogP contribution in [0, 0.1) is 0 Å². The van der Waals surface area contributed by atoms with Gasteiger partial charge in [-0.1, -0.05) is 60.1 Å². The van der Waals surface area contributed by atoms with Crippen molar-refractivity contribution in [1.29, 1.82) is 0 Å². The van der Waals surface area contributed by atoms with Crippen molar-refractivity contribution < 1.29 is 4.79 Å². The molecule has 0 radical (unpaired) electrons. The molecule has 1 amide bonds. The summed E-state index contributed by atoms with van der Waals surface area (Å²) in [5.41, 5.74) is 11.3. The molecule has 0 bridgehead atoms. The number of rotatable bonds is 7. The molecule has 4 nitrogen and oxygen atoms in total. The van der Waals surface area contributed by atoms with Gasteiger partial charge in [0.15, 0.2) is 0 Å². The minimum Gasteiger partial charge on any atom is -0.352 e. The monoisotopic (exact) mass is 433 g/mol. The second-order valence-electron chi connectivity index (χ2n) is 8.19. The van der Waals surface area contributed by atoms with Crippen LogP contribution in [0.15, 0.2) is 72.8 Å². The van der Waals surface area contributed by atoms with Gasteiger partial charge in [-0.3, -0.25) is 9.69 Å². The van der Waals surface area contributed by atoms with Crippen LogP contribution in [0.5, 0.6) is 0 Å². The van der Waals surface area contributed by atoms with Gasteiger partial charge in [-0.2, -0.15) is 0 Å². The Bertz CT molecular complexity index is 1000. The summed E-state index contributed by atoms with van der Waals surface area (Å²) < 4.78 is 0. The lowest BCUT2D eigenvalue weighted by molar-refractivity contribution is 0.0954. The molecule has 4 rings (SSSR count). The van der Waals surface area contributed by atoms with Crippen LogP contribution >= 0.6 is 11.6 Å². The molecule has 3 aromatic carbocycles. The molecule has 1 atom stereocenters. The minimum atomic E-state index is -0.0513. The minimum absolute atomic E-state index is 0.0513. The summed E-state index contributed by atoms with van der Waals surface area (Å²) in [4.78, 5) is 14.9. The zero-order chi connectivity index (χ0) is 21.6. The third-order valence-corrected chi connectivity index (χ3v) is 6.01. The summed E-state index contributed by atoms with van der Waals surface area (Å²) >= 11 is 5.95. The predicted molar refractivity (Wildman–Crippen MR) is 127 cm³/mol. The van der Waals surface area contributed by atoms with Gasteiger partial charge >= 0.3 is 0 Å². The van der Waals surface area contributed by atoms with Crippen LogP contribution in [0.2, 0.25) is 5.02 Å². The fraction of sp³-hybridized carbons (Fsp3) is 0.269. The highest BCUT2D eigenvalue weighted by Crippen LogP contribution is 2.22. The molecular weight excluding hydrogens is 406 g/mol. The Balaban J connectivity index is 1.24. The molecule has 1 saturated heterocycles. The van der Waals surface area contributed by atoms with Crippen LogP contribution in [-0.2, 0) is 13.0 Å². The zero-order valence-electron chi connectivity index (χ0n) is 17.6. The Hall–Kier alpha value is -2.66. The number of hydrogen-bond acceptors (Lipinski definition) is 3. The average molecular weight is 434 g/mol. The van der Waals surface area contributed by atoms with Crippen LogP contribution in [0.1, 0.15) is 27.9 Å². The number of likely N-dealkylation sites (tertiary alicyclic amines) is 1. The van der Waals surface area contributed by atoms with E-state index in [1.54, 1.807) is 0 Å². The summed E-state index contributed by atoms with van der Waals surface area (Å²) in [5, 5.41) is 3.73. The van der Waals surface area contributed by atoms with Gasteiger partial charge in [-0.25, -0.2) is 0 Å². The van der Waals surface area contributed by atoms with E-state index < -0.39 is 0 Å². The van der Waals surface area contributed by atoms with Crippen LogP contribution in [0.4, 0.5) is 0 Å². The first kappa shape index (κ1) is 21.6. The molecule has 0 aromatic heterocycles. The SMILES string of the molecule is NC1CCN(Cc2ccc(CCNC(=O)c3ccc(-c4ccc(Cl)cc4)cc3)cc2)C1. The first-order valence-electron chi connectivity index (χ1n) is 10.8. The maximum atomic E-state index is 12.5. The lowest BCUT2D eigenvalue weighted by atomic mass is 10.0. The number of nitrogens with zero attached hydrogens (tertiary/aromatic N) is 1. The quantitative estimate of drug-likeness (QED) is 0.576. The molecule has 31 heavy (non-hydrogen) atoms. The second-order valence-corrected chi connectivity index (χ2v) is 8.63. The fourth-order valence-electron chi connectivity index (χ4n) is 3.95. The van der Waals surface area contributed by atoms with Gasteiger partial charge < -0.3 is 11.1 Å². The molecule has 1 aliphatic heterocycles. The van der Waals surface area contributed by atoms with Crippen molar-refractivity contribution in [2.45, 2.75) is 25.4 Å². The van der Waals surface area contributed by atoms with Gasteiger partial charge in [0.2, 0.25) is 0 Å². The number of hydrogen-bond donors (Lipinski definition) is 2. The molecule has 0 saturated carbocycles. The van der Waals surface area contributed by atoms with Gasteiger partial charge in [0.25, 0.3) is 5.91 Å². The third-order valence-electron chi connectivity index (χ3n) is 5.76. The fourth-order valence-corrected chi connectivity index (χ4v) is 4.08. The highest BCUT2D eigenvalue weighted by Gasteiger charge is 2.18. The van der Waals surface area contributed by atoms with Crippen molar-refractivity contribution in [3.05, 3.63) is 94.5 Å². The van der Waals surface area contributed by atoms with E-state index in [4.69, 9.17) is 17.3 Å². The molecule has 5 heteroatoms. The summed E-state index contributed by atoms with van der Waals surface area (Å²) in [6, 6.07) is 24.3. The summed E-state index contributed by atoms with van der Waals surface area (Å²) in [6.07, 6.45) is 1.89. The maximum absolute atomic E-state index is 12.5. The van der Waals surface area contributed by atoms with Crippen molar-refractivity contribution in [2.24, 2.45) is 5.73 Å². The Morgan fingerprint density at radius 3 is 2.16 bits per heavy atom. The average Bonchev–Trinajstić information content (AvgIpc) is 3.20. The Kier molecular flexibility index (Phi) is 7.03. The molecule has 160 valence electrons. The highest BCUT2D eigenvalue weighted by molar-refractivity contribution is 6.30. The van der Waals surface area contributed by atoms with Gasteiger partial charge in [-0.15, -0.1) is 0 Å². The topological polar surface area (TPSA) is 58.4 Å². The second kappa shape index (κ2) is 10.1. The van der Waals surface area contributed by atoms with Crippen molar-refractivity contribution in [1.82, 2.24) is 10.2 Å². The highest BCUT2D eigenvalue weighted by atomic mass is 35.5. The molecule has 1 fully saturated rings. The maximum Gasteiger partial charge on any atom is 0.251 e. The molecule has 0 aliphatic carbocycles. The standard InChI is InChI=1S/C26H28ClN3O/c27-24-11-9-22(10-12-24)21-5-7-23(8-6-21)26(31)29-15-13-19-1-3-20(4-2-19)17-30-16-14-25(28)18-30/h1-12,25H,13-18,28H2,(H,29,31). The van der Waals surface area contributed by atoms with E-state index in [2.05, 4.69) is 34.5 Å². The van der Waals surface area contributed by atoms with E-state index >= 15 is 0 Å². The number of nitrogens with one attached hydrogen (secondary N) is 1. The van der Waals surface area contributed by atoms with Crippen LogP contribution in [-0.4, -0.2) is 36.5 Å². The van der Waals surface area contributed by atoms with E-state index in [9.17, 15) is 4.79 Å². The zero-order valence-corrected chi connectivity index (χ0v) is 18.3. The Morgan fingerprint density at radius 1 is 0.935 bits per heavy atom. The van der Waals surface area contributed by atoms with Crippen molar-refractivity contribution >= 4 is 17.5 Å². The smallest absolute Gasteiger partial charge is 0.251 e. The third kappa shape index (κ3) is 5.95. The van der Waals surface area contributed by atoms with E-state index in [1.165, 1.54) is 11.1 Å². The van der Waals surface area contributed by atoms with E-state index in [0.717, 1.165) is 43.6 Å². The lowest BCUT2D eigenvalue weighted by Gasteiger charge is -2.15. The summed E-state index contributed by atoms with van der Waals surface area (Å²) in [6.45, 7) is 3.62. The van der Waals surface area contributed by atoms with Gasteiger partial charge in [-0.05, 0) is 59.4 Å². The first-order chi connectivity index (χ1) is 15.1. The summed E-state index contributed by atoms with van der Waals surface area (Å²) in [7, 11) is 0. The molecule has 0 spiro atoms. The molecule has 1 heterocycles. The molecule has 1 unspecified atom stereocenters. The Morgan fingerprint density at radius 2 is 1.55 bits per heavy atom. The van der Waals surface area contributed by atoms with Crippen LogP contribution in [0.25, 0.3) is 11.1 Å². The molecule has 3 aromatic rings. The number of benzene rings is 3. The van der Waals surface area contributed by atoms with Gasteiger partial charge in [0.05, 0.1) is 0 Å². The van der Waals surface area contributed by atoms with E-state index in [0.29, 0.717) is 23.2 Å². The lowest BCUT2D eigenvalue weighted by Crippen LogP contribution is -2.26. The summed E-state index contributed by atoms with van der Waals surface area (Å²) in [5.74, 6) is -0.0513. The number of carbonyl (C=O) groups excluding carboxylic acids is 1. The predicted octanol–water partition coefficient (Wildman–Crippen LogP) is 4.51. The van der Waals surface area contributed by atoms with Crippen LogP contribution < -0.4 is 11.1 Å². The number of nitrogens with two attached hydrogens (primary N) is 1. The van der Waals surface area contributed by atoms with E-state index in [-0.39, 0.29) is 5.91 Å².